The fraction of sp³-hybridized carbons (Fsp3) is 0.545. The van der Waals surface area contributed by atoms with Gasteiger partial charge in [-0.2, -0.15) is 0 Å². The topological polar surface area (TPSA) is 218 Å². The number of likely N-dealkylation sites (tertiary alicyclic amines) is 2. The molecule has 4 saturated heterocycles. The molecule has 4 fully saturated rings. The molecule has 2 N–H and O–H groups in total. The maximum Gasteiger partial charge on any atom is 0.410 e. The van der Waals surface area contributed by atoms with Crippen LogP contribution in [0.5, 0.6) is 11.5 Å². The van der Waals surface area contributed by atoms with Gasteiger partial charge in [0.2, 0.25) is 12.2 Å². The molecule has 0 aliphatic carbocycles. The summed E-state index contributed by atoms with van der Waals surface area (Å²) in [5, 5.41) is 23.4. The summed E-state index contributed by atoms with van der Waals surface area (Å²) in [6.07, 6.45) is -6.06. The van der Waals surface area contributed by atoms with Gasteiger partial charge in [0.1, 0.15) is 36.3 Å². The van der Waals surface area contributed by atoms with Crippen molar-refractivity contribution < 1.29 is 76.2 Å². The van der Waals surface area contributed by atoms with Gasteiger partial charge in [-0.1, -0.05) is 76.2 Å². The van der Waals surface area contributed by atoms with E-state index in [0.29, 0.717) is 140 Å². The van der Waals surface area contributed by atoms with E-state index in [1.54, 1.807) is 92.4 Å². The van der Waals surface area contributed by atoms with Gasteiger partial charge in [-0.15, -0.1) is 0 Å². The number of carbonyl (C=O) groups excluding carboxylic acids is 6. The highest BCUT2D eigenvalue weighted by molar-refractivity contribution is 5.91. The van der Waals surface area contributed by atoms with Crippen molar-refractivity contribution in [3.8, 4) is 11.5 Å². The van der Waals surface area contributed by atoms with Gasteiger partial charge in [-0.3, -0.25) is 9.59 Å². The number of rotatable bonds is 29. The van der Waals surface area contributed by atoms with E-state index in [-0.39, 0.29) is 60.3 Å². The lowest BCUT2D eigenvalue weighted by Crippen LogP contribution is -2.50. The normalized spacial score (nSPS) is 19.2. The first-order valence-corrected chi connectivity index (χ1v) is 30.8. The number of hydrogen-bond acceptors (Lipinski definition) is 16. The zero-order valence-electron chi connectivity index (χ0n) is 51.4. The molecule has 88 heavy (non-hydrogen) atoms. The Bertz CT molecular complexity index is 2730. The molecule has 4 aliphatic rings. The summed E-state index contributed by atoms with van der Waals surface area (Å²) < 4.78 is 62.7. The van der Waals surface area contributed by atoms with E-state index < -0.39 is 71.9 Å². The highest BCUT2D eigenvalue weighted by Crippen LogP contribution is 2.32. The van der Waals surface area contributed by atoms with Crippen molar-refractivity contribution >= 4 is 35.9 Å². The first kappa shape index (κ1) is 66.6. The van der Waals surface area contributed by atoms with Crippen molar-refractivity contribution in [2.45, 2.75) is 142 Å². The summed E-state index contributed by atoms with van der Waals surface area (Å²) in [6.45, 7) is 18.0. The average Bonchev–Trinajstić information content (AvgIpc) is 1.99. The van der Waals surface area contributed by atoms with Crippen molar-refractivity contribution in [2.75, 3.05) is 78.8 Å². The SMILES string of the molecule is CC(C)COc1ccc(C(OC(=O)C(O)C(O)C(=O)OC(C(=O)N(Cc2ccc(F)cc2)C2CCN(CCCN3C(=O)OCC3C)CC2)c2ccc(OCC(C)C)cc2)C(=O)N(Cc2ccc(F)cc2)C2CCN(CCCN3C(=O)OCC3C)CC2)cc1. The molecule has 0 aromatic heterocycles. The molecule has 6 unspecified atom stereocenters. The molecule has 4 aromatic carbocycles. The fourth-order valence-corrected chi connectivity index (χ4v) is 11.4. The van der Waals surface area contributed by atoms with Crippen LogP contribution in [0, 0.1) is 23.5 Å². The Hall–Kier alpha value is -7.40. The third-order valence-electron chi connectivity index (χ3n) is 16.5. The van der Waals surface area contributed by atoms with Gasteiger partial charge in [-0.25, -0.2) is 28.0 Å². The highest BCUT2D eigenvalue weighted by atomic mass is 19.1. The molecule has 0 bridgehead atoms. The number of carbonyl (C=O) groups is 6. The Kier molecular flexibility index (Phi) is 24.0. The Labute approximate surface area is 514 Å². The smallest absolute Gasteiger partial charge is 0.410 e. The van der Waals surface area contributed by atoms with E-state index in [1.807, 2.05) is 41.5 Å². The second kappa shape index (κ2) is 31.7. The Morgan fingerprint density at radius 3 is 1.18 bits per heavy atom. The predicted octanol–water partition coefficient (Wildman–Crippen LogP) is 8.07. The first-order valence-electron chi connectivity index (χ1n) is 30.8. The molecule has 4 amide bonds. The number of aliphatic hydroxyl groups excluding tert-OH is 2. The number of piperidine rings is 2. The maximum absolute atomic E-state index is 15.3. The molecule has 4 heterocycles. The molecule has 0 radical (unpaired) electrons. The van der Waals surface area contributed by atoms with Crippen molar-refractivity contribution in [1.82, 2.24) is 29.4 Å². The second-order valence-electron chi connectivity index (χ2n) is 24.3. The molecule has 4 aliphatic heterocycles. The van der Waals surface area contributed by atoms with Crippen LogP contribution in [0.3, 0.4) is 0 Å². The van der Waals surface area contributed by atoms with Gasteiger partial charge >= 0.3 is 24.1 Å². The number of amides is 4. The Morgan fingerprint density at radius 1 is 0.534 bits per heavy atom. The van der Waals surface area contributed by atoms with Crippen LogP contribution in [0.15, 0.2) is 97.1 Å². The number of halogens is 2. The second-order valence-corrected chi connectivity index (χ2v) is 24.3. The Morgan fingerprint density at radius 2 is 0.875 bits per heavy atom. The van der Waals surface area contributed by atoms with Crippen LogP contribution in [0.4, 0.5) is 18.4 Å². The molecule has 0 saturated carbocycles. The van der Waals surface area contributed by atoms with Gasteiger partial charge < -0.3 is 68.0 Å². The number of cyclic esters (lactones) is 2. The molecule has 478 valence electrons. The molecule has 6 atom stereocenters. The van der Waals surface area contributed by atoms with Crippen molar-refractivity contribution in [3.63, 3.8) is 0 Å². The van der Waals surface area contributed by atoms with Gasteiger partial charge in [0, 0.05) is 75.6 Å². The summed E-state index contributed by atoms with van der Waals surface area (Å²) in [7, 11) is 0. The molecule has 0 spiro atoms. The van der Waals surface area contributed by atoms with Crippen molar-refractivity contribution in [1.29, 1.82) is 0 Å². The van der Waals surface area contributed by atoms with Crippen LogP contribution < -0.4 is 9.47 Å². The van der Waals surface area contributed by atoms with E-state index in [2.05, 4.69) is 9.80 Å². The molecular weight excluding hydrogens is 1140 g/mol. The lowest BCUT2D eigenvalue weighted by Gasteiger charge is -2.40. The molecule has 20 nitrogen and oxygen atoms in total. The van der Waals surface area contributed by atoms with Crippen LogP contribution in [-0.4, -0.2) is 191 Å². The lowest BCUT2D eigenvalue weighted by atomic mass is 9.99. The molecular formula is C66H86F2N6O14. The molecule has 4 aromatic rings. The Balaban J connectivity index is 1.02. The van der Waals surface area contributed by atoms with Crippen LogP contribution in [0.2, 0.25) is 0 Å². The van der Waals surface area contributed by atoms with Gasteiger partial charge in [-0.05, 0) is 137 Å². The van der Waals surface area contributed by atoms with E-state index in [1.165, 1.54) is 24.3 Å². The van der Waals surface area contributed by atoms with Crippen molar-refractivity contribution in [2.24, 2.45) is 11.8 Å². The van der Waals surface area contributed by atoms with Crippen LogP contribution in [0.1, 0.15) is 115 Å². The lowest BCUT2D eigenvalue weighted by molar-refractivity contribution is -0.184. The number of ether oxygens (including phenoxy) is 6. The third kappa shape index (κ3) is 18.4. The minimum atomic E-state index is -2.64. The van der Waals surface area contributed by atoms with Gasteiger partial charge in [0.05, 0.1) is 25.3 Å². The van der Waals surface area contributed by atoms with Crippen LogP contribution in [0.25, 0.3) is 0 Å². The summed E-state index contributed by atoms with van der Waals surface area (Å²) >= 11 is 0. The first-order chi connectivity index (χ1) is 42.2. The third-order valence-corrected chi connectivity index (χ3v) is 16.5. The fourth-order valence-electron chi connectivity index (χ4n) is 11.4. The monoisotopic (exact) mass is 1220 g/mol. The van der Waals surface area contributed by atoms with Crippen LogP contribution >= 0.6 is 0 Å². The van der Waals surface area contributed by atoms with E-state index in [4.69, 9.17) is 28.4 Å². The number of esters is 2. The van der Waals surface area contributed by atoms with Crippen molar-refractivity contribution in [3.05, 3.63) is 131 Å². The van der Waals surface area contributed by atoms with Crippen LogP contribution in [-0.2, 0) is 51.2 Å². The van der Waals surface area contributed by atoms with Gasteiger partial charge in [0.15, 0.2) is 12.2 Å². The van der Waals surface area contributed by atoms with Gasteiger partial charge in [0.25, 0.3) is 11.8 Å². The van der Waals surface area contributed by atoms with E-state index in [9.17, 15) is 38.2 Å². The minimum Gasteiger partial charge on any atom is -0.493 e. The summed E-state index contributed by atoms with van der Waals surface area (Å²) in [5.74, 6) is -4.12. The number of benzene rings is 4. The maximum atomic E-state index is 15.3. The average molecular weight is 1230 g/mol. The number of hydrogen-bond donors (Lipinski definition) is 2. The van der Waals surface area contributed by atoms with E-state index >= 15 is 9.59 Å². The zero-order chi connectivity index (χ0) is 63.0. The summed E-state index contributed by atoms with van der Waals surface area (Å²) in [5.41, 5.74) is 1.53. The standard InChI is InChI=1S/C66H86F2N6O14/c1-43(2)39-83-55-21-13-49(14-22-55)59(61(77)73(37-47-9-17-51(67)18-10-47)53-25-33-69(34-26-53)29-7-31-71-45(5)41-85-65(71)81)87-63(79)57(75)58(76)64(80)88-60(50-15-23-56(24-16-50)84-40-44(3)4)62(78)74(38-48-11-19-52(68)20-12-48)54-27-35-70(36-28-54)30-8-32-72-46(6)42-86-66(72)82/h9-24,43-46,53-54,57-60,75-76H,7-8,25-42H2,1-6H3. The molecule has 22 heteroatoms. The minimum absolute atomic E-state index is 0.0177. The summed E-state index contributed by atoms with van der Waals surface area (Å²) in [4.78, 5) is 95.1. The predicted molar refractivity (Wildman–Crippen MR) is 320 cm³/mol. The number of aliphatic hydroxyl groups is 2. The quantitative estimate of drug-likeness (QED) is 0.0388. The zero-order valence-corrected chi connectivity index (χ0v) is 51.4. The molecule has 8 rings (SSSR count). The van der Waals surface area contributed by atoms with E-state index in [0.717, 1.165) is 0 Å². The highest BCUT2D eigenvalue weighted by Gasteiger charge is 2.43. The summed E-state index contributed by atoms with van der Waals surface area (Å²) in [6, 6.07) is 23.1. The largest absolute Gasteiger partial charge is 0.493 e. The number of nitrogens with zero attached hydrogens (tertiary/aromatic N) is 6.